The van der Waals surface area contributed by atoms with E-state index in [0.29, 0.717) is 59.5 Å². The molecular weight excluding hydrogens is 386 g/mol. The average Bonchev–Trinajstić information content (AvgIpc) is 2.53. The minimum absolute atomic E-state index is 0. The van der Waals surface area contributed by atoms with Gasteiger partial charge < -0.3 is 28.4 Å². The van der Waals surface area contributed by atoms with Crippen molar-refractivity contribution in [3.8, 4) is 0 Å². The molecule has 0 saturated carbocycles. The topological polar surface area (TPSA) is 58.6 Å². The summed E-state index contributed by atoms with van der Waals surface area (Å²) in [6.07, 6.45) is 0. The molecule has 7 nitrogen and oxygen atoms in total. The fourth-order valence-corrected chi connectivity index (χ4v) is 1.65. The third kappa shape index (κ3) is 23.6. The van der Waals surface area contributed by atoms with E-state index in [2.05, 4.69) is 4.90 Å². The molecule has 0 aromatic carbocycles. The molecule has 0 aromatic heterocycles. The Kier molecular flexibility index (Phi) is 33.9. The Morgan fingerprint density at radius 3 is 1.04 bits per heavy atom. The maximum absolute atomic E-state index is 5.51. The average molecular weight is 424 g/mol. The molecule has 0 rings (SSSR count). The molecule has 142 valence electrons. The number of hydrogen-bond donors (Lipinski definition) is 0. The molecule has 0 aliphatic carbocycles. The van der Waals surface area contributed by atoms with E-state index < -0.39 is 0 Å². The molecule has 0 bridgehead atoms. The number of methoxy groups -OCH3 is 3. The second-order valence-electron chi connectivity index (χ2n) is 4.66. The van der Waals surface area contributed by atoms with E-state index in [1.165, 1.54) is 0 Å². The van der Waals surface area contributed by atoms with E-state index in [-0.39, 0.29) is 66.6 Å². The van der Waals surface area contributed by atoms with Crippen LogP contribution in [0.25, 0.3) is 0 Å². The van der Waals surface area contributed by atoms with E-state index in [9.17, 15) is 0 Å². The van der Waals surface area contributed by atoms with Gasteiger partial charge in [0.05, 0.1) is 59.5 Å². The molecule has 0 aromatic rings. The van der Waals surface area contributed by atoms with E-state index in [0.717, 1.165) is 19.6 Å². The first-order valence-corrected chi connectivity index (χ1v) is 7.77. The fourth-order valence-electron chi connectivity index (χ4n) is 1.65. The fraction of sp³-hybridized carbons (Fsp3) is 1.00. The third-order valence-electron chi connectivity index (χ3n) is 2.95. The maximum atomic E-state index is 5.51. The summed E-state index contributed by atoms with van der Waals surface area (Å²) in [5.41, 5.74) is 0. The van der Waals surface area contributed by atoms with Crippen LogP contribution in [0.5, 0.6) is 0 Å². The van der Waals surface area contributed by atoms with Crippen molar-refractivity contribution in [1.82, 2.24) is 4.90 Å². The normalized spacial score (nSPS) is 10.5. The van der Waals surface area contributed by atoms with E-state index in [4.69, 9.17) is 28.4 Å². The number of ether oxygens (including phenoxy) is 6. The SMILES string of the molecule is COCCOCCN(CCOCCOC)CCOCCOC.[BH4-].[Rb+]. The minimum atomic E-state index is 0. The van der Waals surface area contributed by atoms with Crippen molar-refractivity contribution in [3.05, 3.63) is 0 Å². The standard InChI is InChI=1S/C15H33NO6.BH4.Rb/c1-17-10-13-20-7-4-16(5-8-21-14-11-18-2)6-9-22-15-12-19-3;;/h4-15H2,1-3H3;1H4;/q;-1;+1. The monoisotopic (exact) mass is 423 g/mol. The summed E-state index contributed by atoms with van der Waals surface area (Å²) >= 11 is 0. The first-order chi connectivity index (χ1) is 10.8. The Hall–Kier alpha value is 1.59. The predicted molar refractivity (Wildman–Crippen MR) is 95.9 cm³/mol. The quantitative estimate of drug-likeness (QED) is 0.164. The van der Waals surface area contributed by atoms with Crippen LogP contribution in [0.1, 0.15) is 0 Å². The Bertz CT molecular complexity index is 187. The summed E-state index contributed by atoms with van der Waals surface area (Å²) in [6, 6.07) is 0. The Labute approximate surface area is 198 Å². The zero-order valence-corrected chi connectivity index (χ0v) is 20.3. The largest absolute Gasteiger partial charge is 1.00 e. The molecule has 0 aliphatic rings. The molecule has 0 amide bonds. The van der Waals surface area contributed by atoms with Gasteiger partial charge in [0.25, 0.3) is 0 Å². The van der Waals surface area contributed by atoms with Gasteiger partial charge >= 0.3 is 58.2 Å². The molecular formula is C15H37BNO6Rb. The van der Waals surface area contributed by atoms with Crippen LogP contribution >= 0.6 is 0 Å². The van der Waals surface area contributed by atoms with Crippen molar-refractivity contribution in [2.75, 3.05) is 100 Å². The zero-order valence-electron chi connectivity index (χ0n) is 15.4. The summed E-state index contributed by atoms with van der Waals surface area (Å²) < 4.78 is 31.4. The molecule has 0 saturated heterocycles. The van der Waals surface area contributed by atoms with Crippen LogP contribution < -0.4 is 58.2 Å². The molecule has 0 radical (unpaired) electrons. The summed E-state index contributed by atoms with van der Waals surface area (Å²) in [4.78, 5) is 2.27. The van der Waals surface area contributed by atoms with Crippen molar-refractivity contribution in [1.29, 1.82) is 0 Å². The van der Waals surface area contributed by atoms with Crippen LogP contribution in [0.3, 0.4) is 0 Å². The summed E-state index contributed by atoms with van der Waals surface area (Å²) in [5, 5.41) is 0. The third-order valence-corrected chi connectivity index (χ3v) is 2.95. The van der Waals surface area contributed by atoms with Crippen molar-refractivity contribution < 1.29 is 86.6 Å². The van der Waals surface area contributed by atoms with E-state index in [1.807, 2.05) is 0 Å². The van der Waals surface area contributed by atoms with Crippen molar-refractivity contribution in [3.63, 3.8) is 0 Å². The summed E-state index contributed by atoms with van der Waals surface area (Å²) in [6.45, 7) is 8.34. The number of nitrogens with zero attached hydrogens (tertiary/aromatic N) is 1. The smallest absolute Gasteiger partial charge is 0.382 e. The van der Waals surface area contributed by atoms with Gasteiger partial charge in [-0.25, -0.2) is 0 Å². The molecule has 0 aliphatic heterocycles. The van der Waals surface area contributed by atoms with Crippen LogP contribution in [0, 0.1) is 0 Å². The molecule has 0 atom stereocenters. The van der Waals surface area contributed by atoms with Crippen molar-refractivity contribution >= 4 is 8.41 Å². The summed E-state index contributed by atoms with van der Waals surface area (Å²) in [7, 11) is 5.01. The molecule has 24 heavy (non-hydrogen) atoms. The molecule has 0 spiro atoms. The molecule has 0 unspecified atom stereocenters. The van der Waals surface area contributed by atoms with Gasteiger partial charge in [-0.1, -0.05) is 8.41 Å². The summed E-state index contributed by atoms with van der Waals surface area (Å²) in [5.74, 6) is 0. The first kappa shape index (κ1) is 30.3. The molecule has 0 fully saturated rings. The predicted octanol–water partition coefficient (Wildman–Crippen LogP) is -4.17. The second-order valence-corrected chi connectivity index (χ2v) is 4.66. The van der Waals surface area contributed by atoms with Gasteiger partial charge in [-0.3, -0.25) is 4.90 Å². The first-order valence-electron chi connectivity index (χ1n) is 7.77. The van der Waals surface area contributed by atoms with E-state index >= 15 is 0 Å². The molecule has 9 heteroatoms. The van der Waals surface area contributed by atoms with Crippen molar-refractivity contribution in [2.24, 2.45) is 0 Å². The van der Waals surface area contributed by atoms with Crippen molar-refractivity contribution in [2.45, 2.75) is 0 Å². The Morgan fingerprint density at radius 1 is 0.500 bits per heavy atom. The number of rotatable bonds is 18. The van der Waals surface area contributed by atoms with Gasteiger partial charge in [0.1, 0.15) is 0 Å². The zero-order chi connectivity index (χ0) is 16.3. The second kappa shape index (κ2) is 26.8. The molecule has 0 heterocycles. The van der Waals surface area contributed by atoms with Gasteiger partial charge in [-0.05, 0) is 0 Å². The van der Waals surface area contributed by atoms with Crippen LogP contribution in [0.4, 0.5) is 0 Å². The maximum Gasteiger partial charge on any atom is 1.00 e. The Morgan fingerprint density at radius 2 is 0.792 bits per heavy atom. The van der Waals surface area contributed by atoms with E-state index in [1.54, 1.807) is 21.3 Å². The van der Waals surface area contributed by atoms with Crippen LogP contribution in [0.15, 0.2) is 0 Å². The van der Waals surface area contributed by atoms with Gasteiger partial charge in [0, 0.05) is 41.0 Å². The Balaban J connectivity index is -0.00000220. The van der Waals surface area contributed by atoms with Crippen LogP contribution in [0.2, 0.25) is 0 Å². The van der Waals surface area contributed by atoms with Gasteiger partial charge in [0.2, 0.25) is 0 Å². The van der Waals surface area contributed by atoms with Crippen LogP contribution in [-0.4, -0.2) is 114 Å². The van der Waals surface area contributed by atoms with Gasteiger partial charge in [-0.2, -0.15) is 0 Å². The van der Waals surface area contributed by atoms with Gasteiger partial charge in [0.15, 0.2) is 0 Å². The van der Waals surface area contributed by atoms with Gasteiger partial charge in [-0.15, -0.1) is 0 Å². The number of hydrogen-bond acceptors (Lipinski definition) is 7. The van der Waals surface area contributed by atoms with Crippen LogP contribution in [-0.2, 0) is 28.4 Å². The molecule has 0 N–H and O–H groups in total. The minimum Gasteiger partial charge on any atom is -0.382 e.